The van der Waals surface area contributed by atoms with Gasteiger partial charge in [0, 0.05) is 20.1 Å². The van der Waals surface area contributed by atoms with Gasteiger partial charge in [0.25, 0.3) is 0 Å². The Labute approximate surface area is 69.9 Å². The van der Waals surface area contributed by atoms with Crippen molar-refractivity contribution >= 4 is 12.0 Å². The first-order chi connectivity index (χ1) is 5.66. The van der Waals surface area contributed by atoms with Gasteiger partial charge in [0.2, 0.25) is 5.91 Å². The van der Waals surface area contributed by atoms with Crippen molar-refractivity contribution in [2.24, 2.45) is 0 Å². The van der Waals surface area contributed by atoms with Crippen LogP contribution in [0.5, 0.6) is 0 Å². The first kappa shape index (κ1) is 10.7. The van der Waals surface area contributed by atoms with Crippen LogP contribution in [0.15, 0.2) is 0 Å². The third-order valence-electron chi connectivity index (χ3n) is 1.06. The van der Waals surface area contributed by atoms with Crippen molar-refractivity contribution in [3.63, 3.8) is 0 Å². The Bertz CT molecular complexity index is 160. The molecule has 0 fully saturated rings. The third kappa shape index (κ3) is 6.81. The standard InChI is InChI=1S/C6H12N2O4/c1-12-4-2-3-5(9)7-8-6(10)11/h8H,2-4H2,1H3,(H,7,9)(H,10,11). The number of methoxy groups -OCH3 is 1. The van der Waals surface area contributed by atoms with E-state index in [1.54, 1.807) is 5.43 Å². The van der Waals surface area contributed by atoms with E-state index in [2.05, 4.69) is 0 Å². The van der Waals surface area contributed by atoms with Crippen molar-refractivity contribution in [1.29, 1.82) is 0 Å². The second-order valence-corrected chi connectivity index (χ2v) is 2.07. The maximum absolute atomic E-state index is 10.7. The van der Waals surface area contributed by atoms with Crippen molar-refractivity contribution in [3.8, 4) is 0 Å². The molecule has 2 amide bonds. The average molecular weight is 176 g/mol. The van der Waals surface area contributed by atoms with E-state index >= 15 is 0 Å². The number of hydrazine groups is 1. The first-order valence-electron chi connectivity index (χ1n) is 3.43. The van der Waals surface area contributed by atoms with E-state index in [9.17, 15) is 9.59 Å². The molecule has 0 aliphatic rings. The van der Waals surface area contributed by atoms with Crippen molar-refractivity contribution < 1.29 is 19.4 Å². The van der Waals surface area contributed by atoms with E-state index in [4.69, 9.17) is 9.84 Å². The van der Waals surface area contributed by atoms with Crippen molar-refractivity contribution in [3.05, 3.63) is 0 Å². The van der Waals surface area contributed by atoms with Gasteiger partial charge in [0.05, 0.1) is 0 Å². The second-order valence-electron chi connectivity index (χ2n) is 2.07. The molecule has 0 heterocycles. The van der Waals surface area contributed by atoms with Gasteiger partial charge in [-0.15, -0.1) is 0 Å². The number of hydrogen-bond donors (Lipinski definition) is 3. The lowest BCUT2D eigenvalue weighted by Gasteiger charge is -2.02. The molecule has 0 aromatic rings. The molecule has 0 unspecified atom stereocenters. The molecular formula is C6H12N2O4. The molecule has 0 atom stereocenters. The van der Waals surface area contributed by atoms with Gasteiger partial charge in [-0.1, -0.05) is 0 Å². The third-order valence-corrected chi connectivity index (χ3v) is 1.06. The molecule has 0 saturated heterocycles. The smallest absolute Gasteiger partial charge is 0.423 e. The number of amides is 2. The number of carbonyl (C=O) groups is 2. The summed E-state index contributed by atoms with van der Waals surface area (Å²) in [7, 11) is 1.54. The zero-order valence-electron chi connectivity index (χ0n) is 6.79. The Kier molecular flexibility index (Phi) is 5.72. The normalized spacial score (nSPS) is 9.08. The fourth-order valence-electron chi connectivity index (χ4n) is 0.563. The van der Waals surface area contributed by atoms with Crippen LogP contribution >= 0.6 is 0 Å². The Morgan fingerprint density at radius 2 is 2.08 bits per heavy atom. The van der Waals surface area contributed by atoms with Gasteiger partial charge >= 0.3 is 6.09 Å². The van der Waals surface area contributed by atoms with Gasteiger partial charge in [-0.2, -0.15) is 0 Å². The van der Waals surface area contributed by atoms with E-state index in [0.717, 1.165) is 0 Å². The summed E-state index contributed by atoms with van der Waals surface area (Å²) in [5.74, 6) is -0.366. The van der Waals surface area contributed by atoms with E-state index in [1.165, 1.54) is 7.11 Å². The van der Waals surface area contributed by atoms with Crippen LogP contribution in [-0.4, -0.2) is 30.8 Å². The molecule has 0 aliphatic carbocycles. The largest absolute Gasteiger partial charge is 0.464 e. The number of ether oxygens (including phenoxy) is 1. The van der Waals surface area contributed by atoms with Crippen LogP contribution < -0.4 is 10.9 Å². The summed E-state index contributed by atoms with van der Waals surface area (Å²) in [6, 6.07) is 0. The van der Waals surface area contributed by atoms with Crippen molar-refractivity contribution in [2.75, 3.05) is 13.7 Å². The minimum atomic E-state index is -1.28. The average Bonchev–Trinajstić information content (AvgIpc) is 2.01. The van der Waals surface area contributed by atoms with Crippen molar-refractivity contribution in [2.45, 2.75) is 12.8 Å². The molecule has 0 radical (unpaired) electrons. The lowest BCUT2D eigenvalue weighted by atomic mass is 10.3. The van der Waals surface area contributed by atoms with Gasteiger partial charge in [0.15, 0.2) is 0 Å². The maximum Gasteiger partial charge on any atom is 0.423 e. The van der Waals surface area contributed by atoms with Crippen LogP contribution in [0.1, 0.15) is 12.8 Å². The Hall–Kier alpha value is -1.30. The maximum atomic E-state index is 10.7. The number of nitrogens with one attached hydrogen (secondary N) is 2. The SMILES string of the molecule is COCCCC(=O)NNC(=O)O. The molecule has 70 valence electrons. The predicted octanol–water partition coefficient (Wildman–Crippen LogP) is -0.288. The van der Waals surface area contributed by atoms with E-state index in [-0.39, 0.29) is 12.3 Å². The van der Waals surface area contributed by atoms with E-state index in [0.29, 0.717) is 13.0 Å². The molecule has 12 heavy (non-hydrogen) atoms. The molecule has 0 bridgehead atoms. The van der Waals surface area contributed by atoms with Crippen LogP contribution in [0.25, 0.3) is 0 Å². The molecule has 0 rings (SSSR count). The topological polar surface area (TPSA) is 87.7 Å². The number of carboxylic acid groups (broad SMARTS) is 1. The summed E-state index contributed by atoms with van der Waals surface area (Å²) in [6.07, 6.45) is -0.465. The fraction of sp³-hybridized carbons (Fsp3) is 0.667. The lowest BCUT2D eigenvalue weighted by molar-refractivity contribution is -0.122. The molecule has 0 aromatic heterocycles. The molecule has 6 heteroatoms. The van der Waals surface area contributed by atoms with Crippen LogP contribution in [-0.2, 0) is 9.53 Å². The number of carbonyl (C=O) groups excluding carboxylic acids is 1. The summed E-state index contributed by atoms with van der Waals surface area (Å²) >= 11 is 0. The molecule has 6 nitrogen and oxygen atoms in total. The van der Waals surface area contributed by atoms with Crippen LogP contribution in [0.2, 0.25) is 0 Å². The highest BCUT2D eigenvalue weighted by molar-refractivity contribution is 5.78. The highest BCUT2D eigenvalue weighted by Gasteiger charge is 2.00. The quantitative estimate of drug-likeness (QED) is 0.405. The summed E-state index contributed by atoms with van der Waals surface area (Å²) < 4.78 is 4.70. The summed E-state index contributed by atoms with van der Waals surface area (Å²) in [6.45, 7) is 0.487. The van der Waals surface area contributed by atoms with Crippen LogP contribution in [0.3, 0.4) is 0 Å². The van der Waals surface area contributed by atoms with E-state index < -0.39 is 6.09 Å². The Morgan fingerprint density at radius 1 is 1.42 bits per heavy atom. The molecular weight excluding hydrogens is 164 g/mol. The lowest BCUT2D eigenvalue weighted by Crippen LogP contribution is -2.40. The first-order valence-corrected chi connectivity index (χ1v) is 3.43. The molecule has 0 aromatic carbocycles. The highest BCUT2D eigenvalue weighted by atomic mass is 16.5. The van der Waals surface area contributed by atoms with Gasteiger partial charge in [0.1, 0.15) is 0 Å². The van der Waals surface area contributed by atoms with Gasteiger partial charge in [-0.25, -0.2) is 10.2 Å². The van der Waals surface area contributed by atoms with Crippen LogP contribution in [0.4, 0.5) is 4.79 Å². The minimum absolute atomic E-state index is 0.244. The second kappa shape index (κ2) is 6.41. The minimum Gasteiger partial charge on any atom is -0.464 e. The monoisotopic (exact) mass is 176 g/mol. The number of hydrogen-bond acceptors (Lipinski definition) is 3. The molecule has 0 aliphatic heterocycles. The summed E-state index contributed by atoms with van der Waals surface area (Å²) in [5, 5.41) is 8.08. The molecule has 0 spiro atoms. The van der Waals surface area contributed by atoms with Crippen molar-refractivity contribution in [1.82, 2.24) is 10.9 Å². The van der Waals surface area contributed by atoms with Crippen LogP contribution in [0, 0.1) is 0 Å². The summed E-state index contributed by atoms with van der Waals surface area (Å²) in [4.78, 5) is 20.6. The Morgan fingerprint density at radius 3 is 2.58 bits per heavy atom. The van der Waals surface area contributed by atoms with Gasteiger partial charge < -0.3 is 9.84 Å². The fourth-order valence-corrected chi connectivity index (χ4v) is 0.563. The summed E-state index contributed by atoms with van der Waals surface area (Å²) in [5.41, 5.74) is 3.75. The predicted molar refractivity (Wildman–Crippen MR) is 40.4 cm³/mol. The van der Waals surface area contributed by atoms with Gasteiger partial charge in [-0.05, 0) is 6.42 Å². The zero-order chi connectivity index (χ0) is 9.40. The molecule has 0 saturated carbocycles. The Balaban J connectivity index is 3.28. The van der Waals surface area contributed by atoms with E-state index in [1.807, 2.05) is 5.43 Å². The zero-order valence-corrected chi connectivity index (χ0v) is 6.79. The van der Waals surface area contributed by atoms with Gasteiger partial charge in [-0.3, -0.25) is 10.2 Å². The molecule has 3 N–H and O–H groups in total. The highest BCUT2D eigenvalue weighted by Crippen LogP contribution is 1.87. The number of rotatable bonds is 4.